The smallest absolute Gasteiger partial charge is 0.136 e. The Balaban J connectivity index is 1.22. The highest BCUT2D eigenvalue weighted by Crippen LogP contribution is 2.54. The predicted molar refractivity (Wildman–Crippen MR) is 189 cm³/mol. The molecule has 8 aromatic rings. The van der Waals surface area contributed by atoms with Gasteiger partial charge in [-0.1, -0.05) is 111 Å². The molecule has 0 fully saturated rings. The molecule has 1 aliphatic rings. The first-order chi connectivity index (χ1) is 22.1. The van der Waals surface area contributed by atoms with Crippen molar-refractivity contribution in [3.63, 3.8) is 0 Å². The van der Waals surface area contributed by atoms with E-state index >= 15 is 0 Å². The Morgan fingerprint density at radius 3 is 2.11 bits per heavy atom. The van der Waals surface area contributed by atoms with E-state index in [2.05, 4.69) is 164 Å². The summed E-state index contributed by atoms with van der Waals surface area (Å²) in [6.07, 6.45) is 0. The van der Waals surface area contributed by atoms with E-state index in [9.17, 15) is 0 Å². The van der Waals surface area contributed by atoms with Crippen LogP contribution in [0, 0.1) is 0 Å². The van der Waals surface area contributed by atoms with Crippen molar-refractivity contribution in [1.29, 1.82) is 0 Å². The van der Waals surface area contributed by atoms with E-state index in [4.69, 9.17) is 4.42 Å². The summed E-state index contributed by atoms with van der Waals surface area (Å²) in [5.74, 6) is 0. The summed E-state index contributed by atoms with van der Waals surface area (Å²) in [5, 5.41) is 4.89. The van der Waals surface area contributed by atoms with Crippen molar-refractivity contribution in [1.82, 2.24) is 0 Å². The lowest BCUT2D eigenvalue weighted by molar-refractivity contribution is 0.656. The fourth-order valence-electron chi connectivity index (χ4n) is 7.39. The van der Waals surface area contributed by atoms with E-state index in [0.717, 1.165) is 28.2 Å². The maximum Gasteiger partial charge on any atom is 0.136 e. The van der Waals surface area contributed by atoms with Gasteiger partial charge in [0.25, 0.3) is 0 Å². The van der Waals surface area contributed by atoms with E-state index in [0.29, 0.717) is 0 Å². The van der Waals surface area contributed by atoms with Crippen LogP contribution in [0.5, 0.6) is 0 Å². The van der Waals surface area contributed by atoms with Gasteiger partial charge in [-0.25, -0.2) is 0 Å². The third-order valence-corrected chi connectivity index (χ3v) is 9.62. The lowest BCUT2D eigenvalue weighted by atomic mass is 9.82. The highest BCUT2D eigenvalue weighted by Gasteiger charge is 2.38. The van der Waals surface area contributed by atoms with Gasteiger partial charge < -0.3 is 9.32 Å². The minimum atomic E-state index is -0.164. The van der Waals surface area contributed by atoms with Crippen LogP contribution in [0.2, 0.25) is 0 Å². The van der Waals surface area contributed by atoms with Gasteiger partial charge in [0.15, 0.2) is 0 Å². The molecule has 45 heavy (non-hydrogen) atoms. The zero-order valence-electron chi connectivity index (χ0n) is 25.3. The number of benzene rings is 7. The summed E-state index contributed by atoms with van der Waals surface area (Å²) in [6, 6.07) is 54.7. The number of hydrogen-bond donors (Lipinski definition) is 0. The normalized spacial score (nSPS) is 13.3. The Bertz CT molecular complexity index is 2410. The molecule has 214 valence electrons. The molecule has 0 spiro atoms. The zero-order valence-corrected chi connectivity index (χ0v) is 25.3. The molecule has 1 aromatic heterocycles. The summed E-state index contributed by atoms with van der Waals surface area (Å²) < 4.78 is 6.30. The number of hydrogen-bond acceptors (Lipinski definition) is 2. The molecule has 9 rings (SSSR count). The second-order valence-electron chi connectivity index (χ2n) is 12.6. The maximum absolute atomic E-state index is 6.30. The van der Waals surface area contributed by atoms with Crippen LogP contribution < -0.4 is 4.90 Å². The average Bonchev–Trinajstić information content (AvgIpc) is 3.57. The van der Waals surface area contributed by atoms with Crippen molar-refractivity contribution < 1.29 is 4.42 Å². The maximum atomic E-state index is 6.30. The molecule has 0 N–H and O–H groups in total. The van der Waals surface area contributed by atoms with Crippen molar-refractivity contribution >= 4 is 49.8 Å². The molecule has 2 heteroatoms. The molecule has 0 aliphatic heterocycles. The van der Waals surface area contributed by atoms with Crippen molar-refractivity contribution in [2.75, 3.05) is 4.90 Å². The highest BCUT2D eigenvalue weighted by molar-refractivity contribution is 6.15. The standard InChI is InChI=1S/C43H31NO/c1-43(2)37-23-24-40-42(36-17-8-9-18-39(36)45-40)41(37)35-22-21-34(27-38(35)43)44(32-14-4-3-5-15-32)33-16-10-13-30(26-33)31-20-19-28-11-6-7-12-29(28)25-31/h3-27H,1-2H3. The Morgan fingerprint density at radius 1 is 0.489 bits per heavy atom. The van der Waals surface area contributed by atoms with Crippen LogP contribution in [0.25, 0.3) is 55.0 Å². The van der Waals surface area contributed by atoms with E-state index in [1.54, 1.807) is 0 Å². The van der Waals surface area contributed by atoms with Crippen molar-refractivity contribution in [3.8, 4) is 22.3 Å². The molecule has 0 atom stereocenters. The monoisotopic (exact) mass is 577 g/mol. The predicted octanol–water partition coefficient (Wildman–Crippen LogP) is 12.2. The Kier molecular flexibility index (Phi) is 5.58. The minimum absolute atomic E-state index is 0.164. The van der Waals surface area contributed by atoms with Crippen molar-refractivity contribution in [3.05, 3.63) is 163 Å². The van der Waals surface area contributed by atoms with Gasteiger partial charge in [-0.15, -0.1) is 0 Å². The molecule has 0 radical (unpaired) electrons. The van der Waals surface area contributed by atoms with Crippen molar-refractivity contribution in [2.45, 2.75) is 19.3 Å². The van der Waals surface area contributed by atoms with E-state index in [-0.39, 0.29) is 5.41 Å². The lowest BCUT2D eigenvalue weighted by Crippen LogP contribution is -2.16. The molecular weight excluding hydrogens is 546 g/mol. The van der Waals surface area contributed by atoms with E-state index < -0.39 is 0 Å². The molecule has 0 saturated heterocycles. The largest absolute Gasteiger partial charge is 0.456 e. The number of furan rings is 1. The van der Waals surface area contributed by atoms with E-state index in [1.165, 1.54) is 54.9 Å². The number of nitrogens with zero attached hydrogens (tertiary/aromatic N) is 1. The SMILES string of the molecule is CC1(C)c2cc(N(c3ccccc3)c3cccc(-c4ccc5ccccc5c4)c3)ccc2-c2c1ccc1oc3ccccc3c21. The summed E-state index contributed by atoms with van der Waals surface area (Å²) in [5.41, 5.74) is 12.8. The summed E-state index contributed by atoms with van der Waals surface area (Å²) in [4.78, 5) is 2.38. The Hall–Kier alpha value is -5.60. The third-order valence-electron chi connectivity index (χ3n) is 9.62. The molecule has 1 aliphatic carbocycles. The van der Waals surface area contributed by atoms with Gasteiger partial charge >= 0.3 is 0 Å². The second kappa shape index (κ2) is 9.70. The van der Waals surface area contributed by atoms with Gasteiger partial charge in [0, 0.05) is 33.2 Å². The van der Waals surface area contributed by atoms with Crippen LogP contribution >= 0.6 is 0 Å². The topological polar surface area (TPSA) is 16.4 Å². The summed E-state index contributed by atoms with van der Waals surface area (Å²) in [6.45, 7) is 4.70. The molecule has 0 bridgehead atoms. The number of fused-ring (bicyclic) bond motifs is 8. The van der Waals surface area contributed by atoms with Gasteiger partial charge in [-0.2, -0.15) is 0 Å². The quantitative estimate of drug-likeness (QED) is 0.207. The average molecular weight is 578 g/mol. The highest BCUT2D eigenvalue weighted by atomic mass is 16.3. The van der Waals surface area contributed by atoms with Crippen molar-refractivity contribution in [2.24, 2.45) is 0 Å². The van der Waals surface area contributed by atoms with Crippen LogP contribution in [0.1, 0.15) is 25.0 Å². The second-order valence-corrected chi connectivity index (χ2v) is 12.6. The minimum Gasteiger partial charge on any atom is -0.456 e. The van der Waals surface area contributed by atoms with Gasteiger partial charge in [-0.3, -0.25) is 0 Å². The molecule has 2 nitrogen and oxygen atoms in total. The first-order valence-corrected chi connectivity index (χ1v) is 15.6. The van der Waals surface area contributed by atoms with Gasteiger partial charge in [0.05, 0.1) is 0 Å². The number of anilines is 3. The Morgan fingerprint density at radius 2 is 1.22 bits per heavy atom. The van der Waals surface area contributed by atoms with Crippen LogP contribution in [-0.4, -0.2) is 0 Å². The van der Waals surface area contributed by atoms with Gasteiger partial charge in [0.2, 0.25) is 0 Å². The molecule has 7 aromatic carbocycles. The van der Waals surface area contributed by atoms with E-state index in [1.807, 2.05) is 6.07 Å². The van der Waals surface area contributed by atoms with Crippen LogP contribution in [0.3, 0.4) is 0 Å². The fourth-order valence-corrected chi connectivity index (χ4v) is 7.39. The van der Waals surface area contributed by atoms with Crippen LogP contribution in [0.15, 0.2) is 156 Å². The third kappa shape index (κ3) is 3.96. The molecular formula is C43H31NO. The zero-order chi connectivity index (χ0) is 30.1. The number of para-hydroxylation sites is 2. The molecule has 0 amide bonds. The lowest BCUT2D eigenvalue weighted by Gasteiger charge is -2.28. The van der Waals surface area contributed by atoms with Gasteiger partial charge in [0.1, 0.15) is 11.2 Å². The first kappa shape index (κ1) is 25.9. The fraction of sp³-hybridized carbons (Fsp3) is 0.0698. The number of rotatable bonds is 4. The molecule has 1 heterocycles. The van der Waals surface area contributed by atoms with Gasteiger partial charge in [-0.05, 0) is 98.8 Å². The molecule has 0 saturated carbocycles. The summed E-state index contributed by atoms with van der Waals surface area (Å²) >= 11 is 0. The van der Waals surface area contributed by atoms with Crippen LogP contribution in [-0.2, 0) is 5.41 Å². The van der Waals surface area contributed by atoms with Crippen LogP contribution in [0.4, 0.5) is 17.1 Å². The first-order valence-electron chi connectivity index (χ1n) is 15.6. The molecule has 0 unspecified atom stereocenters. The summed E-state index contributed by atoms with van der Waals surface area (Å²) in [7, 11) is 0. The Labute approximate surface area is 262 Å².